The molecule has 1 heterocycles. The molecule has 1 nitrogen and oxygen atoms in total. The molecule has 1 aromatic heterocycles. The predicted molar refractivity (Wildman–Crippen MR) is 60.3 cm³/mol. The predicted octanol–water partition coefficient (Wildman–Crippen LogP) is 3.63. The van der Waals surface area contributed by atoms with Crippen molar-refractivity contribution in [1.82, 2.24) is 0 Å². The highest BCUT2D eigenvalue weighted by Crippen LogP contribution is 2.37. The summed E-state index contributed by atoms with van der Waals surface area (Å²) in [6, 6.07) is 3.69. The van der Waals surface area contributed by atoms with Gasteiger partial charge in [-0.1, -0.05) is 0 Å². The topological polar surface area (TPSA) is 20.2 Å². The highest BCUT2D eigenvalue weighted by atomic mass is 35.5. The molecule has 2 aromatic rings. The Balaban J connectivity index is 2.87. The molecular formula is C9H7ClOS2. The Morgan fingerprint density at radius 1 is 1.54 bits per heavy atom. The minimum absolute atomic E-state index is 0.244. The third-order valence-electron chi connectivity index (χ3n) is 1.91. The minimum Gasteiger partial charge on any atom is -0.506 e. The van der Waals surface area contributed by atoms with Crippen molar-refractivity contribution in [1.29, 1.82) is 0 Å². The fourth-order valence-electron chi connectivity index (χ4n) is 1.28. The van der Waals surface area contributed by atoms with E-state index in [1.165, 1.54) is 0 Å². The van der Waals surface area contributed by atoms with Gasteiger partial charge in [0.15, 0.2) is 0 Å². The molecule has 0 aliphatic heterocycles. The molecule has 2 rings (SSSR count). The van der Waals surface area contributed by atoms with Gasteiger partial charge < -0.3 is 5.11 Å². The molecule has 0 saturated carbocycles. The molecule has 68 valence electrons. The quantitative estimate of drug-likeness (QED) is 0.566. The minimum atomic E-state index is 0.244. The van der Waals surface area contributed by atoms with Crippen LogP contribution in [-0.4, -0.2) is 5.11 Å². The summed E-state index contributed by atoms with van der Waals surface area (Å²) in [5.41, 5.74) is 1.02. The van der Waals surface area contributed by atoms with Gasteiger partial charge in [-0.15, -0.1) is 35.6 Å². The van der Waals surface area contributed by atoms with Crippen molar-refractivity contribution in [2.75, 3.05) is 0 Å². The van der Waals surface area contributed by atoms with Gasteiger partial charge in [-0.05, 0) is 23.1 Å². The summed E-state index contributed by atoms with van der Waals surface area (Å²) in [7, 11) is 0. The molecule has 0 aliphatic carbocycles. The smallest absolute Gasteiger partial charge is 0.137 e. The third kappa shape index (κ3) is 1.41. The summed E-state index contributed by atoms with van der Waals surface area (Å²) in [6.45, 7) is 0. The number of thiol groups is 1. The summed E-state index contributed by atoms with van der Waals surface area (Å²) in [5, 5.41) is 12.4. The molecule has 0 spiro atoms. The van der Waals surface area contributed by atoms with E-state index in [0.29, 0.717) is 10.8 Å². The lowest BCUT2D eigenvalue weighted by Crippen LogP contribution is -1.80. The molecule has 0 radical (unpaired) electrons. The van der Waals surface area contributed by atoms with Crippen LogP contribution in [0.15, 0.2) is 22.4 Å². The van der Waals surface area contributed by atoms with Crippen molar-refractivity contribution in [3.63, 3.8) is 0 Å². The number of rotatable bonds is 1. The maximum Gasteiger partial charge on any atom is 0.137 e. The molecule has 0 amide bonds. The monoisotopic (exact) mass is 230 g/mol. The number of phenolic OH excluding ortho intramolecular Hbond substituents is 1. The van der Waals surface area contributed by atoms with E-state index in [4.69, 9.17) is 11.6 Å². The van der Waals surface area contributed by atoms with Crippen LogP contribution in [0.4, 0.5) is 0 Å². The number of alkyl halides is 1. The fourth-order valence-corrected chi connectivity index (χ4v) is 2.76. The van der Waals surface area contributed by atoms with E-state index in [-0.39, 0.29) is 5.75 Å². The normalized spacial score (nSPS) is 10.9. The highest BCUT2D eigenvalue weighted by molar-refractivity contribution is 7.80. The molecule has 0 bridgehead atoms. The van der Waals surface area contributed by atoms with E-state index in [1.807, 2.05) is 17.5 Å². The number of hydrogen-bond donors (Lipinski definition) is 2. The lowest BCUT2D eigenvalue weighted by molar-refractivity contribution is 0.469. The van der Waals surface area contributed by atoms with E-state index >= 15 is 0 Å². The average molecular weight is 231 g/mol. The fraction of sp³-hybridized carbons (Fsp3) is 0.111. The van der Waals surface area contributed by atoms with Crippen LogP contribution in [0.3, 0.4) is 0 Å². The maximum absolute atomic E-state index is 9.65. The number of hydrogen-bond acceptors (Lipinski definition) is 3. The van der Waals surface area contributed by atoms with Crippen molar-refractivity contribution >= 4 is 45.7 Å². The summed E-state index contributed by atoms with van der Waals surface area (Å²) in [4.78, 5) is 0.585. The van der Waals surface area contributed by atoms with Gasteiger partial charge >= 0.3 is 0 Å². The van der Waals surface area contributed by atoms with Gasteiger partial charge in [0.25, 0.3) is 0 Å². The summed E-state index contributed by atoms with van der Waals surface area (Å²) in [6.07, 6.45) is 0. The first kappa shape index (κ1) is 9.19. The van der Waals surface area contributed by atoms with Crippen molar-refractivity contribution < 1.29 is 5.11 Å². The maximum atomic E-state index is 9.65. The van der Waals surface area contributed by atoms with Crippen LogP contribution in [-0.2, 0) is 5.88 Å². The van der Waals surface area contributed by atoms with Crippen molar-refractivity contribution in [3.05, 3.63) is 23.1 Å². The van der Waals surface area contributed by atoms with Crippen molar-refractivity contribution in [3.8, 4) is 5.75 Å². The van der Waals surface area contributed by atoms with Gasteiger partial charge in [0.05, 0.1) is 0 Å². The largest absolute Gasteiger partial charge is 0.506 e. The van der Waals surface area contributed by atoms with Crippen LogP contribution in [0.1, 0.15) is 5.56 Å². The zero-order valence-electron chi connectivity index (χ0n) is 6.62. The molecule has 0 atom stereocenters. The summed E-state index contributed by atoms with van der Waals surface area (Å²) >= 11 is 11.5. The number of aromatic hydroxyl groups is 1. The van der Waals surface area contributed by atoms with Crippen LogP contribution < -0.4 is 0 Å². The molecular weight excluding hydrogens is 224 g/mol. The Bertz CT molecular complexity index is 450. The van der Waals surface area contributed by atoms with Gasteiger partial charge in [-0.2, -0.15) is 0 Å². The molecule has 13 heavy (non-hydrogen) atoms. The van der Waals surface area contributed by atoms with Crippen LogP contribution in [0.25, 0.3) is 10.1 Å². The highest BCUT2D eigenvalue weighted by Gasteiger charge is 2.09. The summed E-state index contributed by atoms with van der Waals surface area (Å²) in [5.74, 6) is 0.693. The standard InChI is InChI=1S/C9H7ClOS2/c10-4-5-3-7(12)8(11)6-1-2-13-9(5)6/h1-3,11-12H,4H2. The first-order chi connectivity index (χ1) is 6.24. The Labute approximate surface area is 90.4 Å². The van der Waals surface area contributed by atoms with Crippen molar-refractivity contribution in [2.24, 2.45) is 0 Å². The van der Waals surface area contributed by atoms with E-state index < -0.39 is 0 Å². The Kier molecular flexibility index (Phi) is 2.41. The summed E-state index contributed by atoms with van der Waals surface area (Å²) < 4.78 is 1.05. The second-order valence-corrected chi connectivity index (χ2v) is 4.37. The number of phenols is 1. The zero-order valence-corrected chi connectivity index (χ0v) is 9.09. The lowest BCUT2D eigenvalue weighted by Gasteiger charge is -2.03. The van der Waals surface area contributed by atoms with Gasteiger partial charge in [-0.25, -0.2) is 0 Å². The van der Waals surface area contributed by atoms with E-state index in [1.54, 1.807) is 11.3 Å². The van der Waals surface area contributed by atoms with Crippen LogP contribution in [0, 0.1) is 0 Å². The molecule has 4 heteroatoms. The van der Waals surface area contributed by atoms with Crippen LogP contribution >= 0.6 is 35.6 Å². The van der Waals surface area contributed by atoms with E-state index in [0.717, 1.165) is 15.6 Å². The second-order valence-electron chi connectivity index (χ2n) is 2.70. The molecule has 0 aliphatic rings. The number of thiophene rings is 1. The Hall–Kier alpha value is -0.380. The van der Waals surface area contributed by atoms with Crippen LogP contribution in [0.2, 0.25) is 0 Å². The Morgan fingerprint density at radius 2 is 2.31 bits per heavy atom. The second kappa shape index (κ2) is 3.40. The van der Waals surface area contributed by atoms with Gasteiger partial charge in [0, 0.05) is 20.9 Å². The Morgan fingerprint density at radius 3 is 3.00 bits per heavy atom. The van der Waals surface area contributed by atoms with E-state index in [9.17, 15) is 5.11 Å². The molecule has 0 saturated heterocycles. The molecule has 1 N–H and O–H groups in total. The number of benzene rings is 1. The molecule has 0 fully saturated rings. The van der Waals surface area contributed by atoms with Gasteiger partial charge in [0.1, 0.15) is 5.75 Å². The first-order valence-electron chi connectivity index (χ1n) is 3.71. The average Bonchev–Trinajstić information content (AvgIpc) is 2.60. The first-order valence-corrected chi connectivity index (χ1v) is 5.57. The zero-order chi connectivity index (χ0) is 9.42. The molecule has 0 unspecified atom stereocenters. The van der Waals surface area contributed by atoms with Gasteiger partial charge in [0.2, 0.25) is 0 Å². The molecule has 1 aromatic carbocycles. The third-order valence-corrected chi connectivity index (χ3v) is 3.53. The number of fused-ring (bicyclic) bond motifs is 1. The number of halogens is 1. The van der Waals surface area contributed by atoms with Crippen molar-refractivity contribution in [2.45, 2.75) is 10.8 Å². The van der Waals surface area contributed by atoms with E-state index in [2.05, 4.69) is 12.6 Å². The SMILES string of the molecule is Oc1c(S)cc(CCl)c2sccc12. The van der Waals surface area contributed by atoms with Gasteiger partial charge in [-0.3, -0.25) is 0 Å². The lowest BCUT2D eigenvalue weighted by atomic mass is 10.2. The van der Waals surface area contributed by atoms with Crippen LogP contribution in [0.5, 0.6) is 5.75 Å².